The highest BCUT2D eigenvalue weighted by molar-refractivity contribution is 7.98. The van der Waals surface area contributed by atoms with E-state index in [1.54, 1.807) is 30.0 Å². The molecule has 0 aliphatic heterocycles. The number of rotatable bonds is 11. The summed E-state index contributed by atoms with van der Waals surface area (Å²) in [6, 6.07) is 12.7. The summed E-state index contributed by atoms with van der Waals surface area (Å²) in [7, 11) is -3.41. The van der Waals surface area contributed by atoms with Crippen LogP contribution in [0.25, 0.3) is 0 Å². The second-order valence-electron chi connectivity index (χ2n) is 6.91. The molecule has 2 aromatic carbocycles. The van der Waals surface area contributed by atoms with Gasteiger partial charge < -0.3 is 5.32 Å². The molecule has 0 radical (unpaired) electrons. The van der Waals surface area contributed by atoms with Gasteiger partial charge in [-0.1, -0.05) is 47.0 Å². The predicted molar refractivity (Wildman–Crippen MR) is 128 cm³/mol. The first kappa shape index (κ1) is 24.9. The number of anilines is 1. The molecule has 0 saturated carbocycles. The zero-order chi connectivity index (χ0) is 22.1. The summed E-state index contributed by atoms with van der Waals surface area (Å²) in [6.07, 6.45) is 1.89. The van der Waals surface area contributed by atoms with Gasteiger partial charge in [0.2, 0.25) is 15.9 Å². The van der Waals surface area contributed by atoms with Crippen LogP contribution in [0.15, 0.2) is 42.5 Å². The summed E-state index contributed by atoms with van der Waals surface area (Å²) in [6.45, 7) is 2.75. The van der Waals surface area contributed by atoms with Gasteiger partial charge in [-0.2, -0.15) is 11.8 Å². The van der Waals surface area contributed by atoms with Crippen LogP contribution in [0.1, 0.15) is 24.0 Å². The normalized spacial score (nSPS) is 11.3. The fourth-order valence-electron chi connectivity index (χ4n) is 2.75. The number of sulfonamides is 1. The van der Waals surface area contributed by atoms with Crippen molar-refractivity contribution in [2.24, 2.45) is 0 Å². The number of amides is 1. The van der Waals surface area contributed by atoms with Gasteiger partial charge in [0.15, 0.2) is 0 Å². The maximum absolute atomic E-state index is 12.1. The van der Waals surface area contributed by atoms with Crippen molar-refractivity contribution < 1.29 is 13.2 Å². The van der Waals surface area contributed by atoms with E-state index >= 15 is 0 Å². The summed E-state index contributed by atoms with van der Waals surface area (Å²) in [5.41, 5.74) is 2.68. The summed E-state index contributed by atoms with van der Waals surface area (Å²) >= 11 is 13.7. The van der Waals surface area contributed by atoms with Crippen molar-refractivity contribution in [1.29, 1.82) is 0 Å². The molecule has 1 amide bonds. The number of nitrogens with zero attached hydrogens (tertiary/aromatic N) is 1. The number of nitrogens with one attached hydrogen (secondary N) is 1. The minimum atomic E-state index is -3.41. The maximum Gasteiger partial charge on any atom is 0.232 e. The standard InChI is InChI=1S/C21H26Cl2N2O3S2/c1-16-5-9-19(10-6-16)25(30(2,27)28)12-3-4-21(26)24-11-13-29-15-17-7-8-18(22)14-20(17)23/h5-10,14H,3-4,11-13,15H2,1-2H3,(H,24,26). The SMILES string of the molecule is Cc1ccc(N(CCCC(=O)NCCSCc2ccc(Cl)cc2Cl)S(C)(=O)=O)cc1. The first-order valence-corrected chi connectivity index (χ1v) is 13.3. The number of hydrogen-bond donors (Lipinski definition) is 1. The van der Waals surface area contributed by atoms with Gasteiger partial charge in [0, 0.05) is 41.1 Å². The lowest BCUT2D eigenvalue weighted by Crippen LogP contribution is -2.32. The van der Waals surface area contributed by atoms with Crippen LogP contribution in [0.3, 0.4) is 0 Å². The lowest BCUT2D eigenvalue weighted by molar-refractivity contribution is -0.121. The van der Waals surface area contributed by atoms with Crippen molar-refractivity contribution in [1.82, 2.24) is 5.32 Å². The first-order valence-electron chi connectivity index (χ1n) is 9.49. The summed E-state index contributed by atoms with van der Waals surface area (Å²) < 4.78 is 25.5. The van der Waals surface area contributed by atoms with Crippen molar-refractivity contribution >= 4 is 56.6 Å². The molecule has 0 spiro atoms. The number of halogens is 2. The average molecular weight is 489 g/mol. The Morgan fingerprint density at radius 1 is 1.13 bits per heavy atom. The number of carbonyl (C=O) groups is 1. The third-order valence-electron chi connectivity index (χ3n) is 4.33. The third-order valence-corrected chi connectivity index (χ3v) is 7.12. The molecule has 5 nitrogen and oxygen atoms in total. The smallest absolute Gasteiger partial charge is 0.232 e. The molecule has 164 valence electrons. The summed E-state index contributed by atoms with van der Waals surface area (Å²) in [5.74, 6) is 1.41. The average Bonchev–Trinajstić information content (AvgIpc) is 2.66. The zero-order valence-electron chi connectivity index (χ0n) is 17.0. The topological polar surface area (TPSA) is 66.5 Å². The number of hydrogen-bond acceptors (Lipinski definition) is 4. The van der Waals surface area contributed by atoms with E-state index in [0.29, 0.717) is 28.7 Å². The van der Waals surface area contributed by atoms with E-state index in [9.17, 15) is 13.2 Å². The molecule has 2 rings (SSSR count). The fraction of sp³-hybridized carbons (Fsp3) is 0.381. The van der Waals surface area contributed by atoms with Crippen molar-refractivity contribution in [3.8, 4) is 0 Å². The molecule has 0 saturated heterocycles. The van der Waals surface area contributed by atoms with Crippen LogP contribution in [0.5, 0.6) is 0 Å². The molecule has 1 N–H and O–H groups in total. The molecule has 0 bridgehead atoms. The minimum Gasteiger partial charge on any atom is -0.355 e. The molecule has 0 aliphatic carbocycles. The molecule has 9 heteroatoms. The maximum atomic E-state index is 12.1. The van der Waals surface area contributed by atoms with E-state index in [-0.39, 0.29) is 18.9 Å². The van der Waals surface area contributed by atoms with Crippen LogP contribution in [0, 0.1) is 6.92 Å². The molecule has 0 unspecified atom stereocenters. The van der Waals surface area contributed by atoms with Gasteiger partial charge >= 0.3 is 0 Å². The second kappa shape index (κ2) is 11.8. The van der Waals surface area contributed by atoms with E-state index in [0.717, 1.165) is 22.6 Å². The molecule has 0 fully saturated rings. The minimum absolute atomic E-state index is 0.0857. The fourth-order valence-corrected chi connectivity index (χ4v) is 5.13. The lowest BCUT2D eigenvalue weighted by Gasteiger charge is -2.22. The molecule has 0 aromatic heterocycles. The largest absolute Gasteiger partial charge is 0.355 e. The van der Waals surface area contributed by atoms with Gasteiger partial charge in [0.1, 0.15) is 0 Å². The second-order valence-corrected chi connectivity index (χ2v) is 10.8. The van der Waals surface area contributed by atoms with Crippen LogP contribution in [0.4, 0.5) is 5.69 Å². The van der Waals surface area contributed by atoms with Gasteiger partial charge in [0.05, 0.1) is 11.9 Å². The van der Waals surface area contributed by atoms with Crippen molar-refractivity contribution in [2.75, 3.05) is 29.4 Å². The monoisotopic (exact) mass is 488 g/mol. The number of aryl methyl sites for hydroxylation is 1. The Bertz CT molecular complexity index is 951. The Balaban J connectivity index is 1.70. The quantitative estimate of drug-likeness (QED) is 0.456. The van der Waals surface area contributed by atoms with Crippen molar-refractivity contribution in [3.05, 3.63) is 63.6 Å². The Morgan fingerprint density at radius 2 is 1.83 bits per heavy atom. The Kier molecular flexibility index (Phi) is 9.81. The number of thioether (sulfide) groups is 1. The predicted octanol–water partition coefficient (Wildman–Crippen LogP) is 4.90. The number of carbonyl (C=O) groups excluding carboxylic acids is 1. The molecule has 0 atom stereocenters. The van der Waals surface area contributed by atoms with E-state index in [2.05, 4.69) is 5.32 Å². The van der Waals surface area contributed by atoms with Gasteiger partial charge in [-0.05, 0) is 43.2 Å². The lowest BCUT2D eigenvalue weighted by atomic mass is 10.2. The van der Waals surface area contributed by atoms with E-state index < -0.39 is 10.0 Å². The zero-order valence-corrected chi connectivity index (χ0v) is 20.2. The molecular weight excluding hydrogens is 463 g/mol. The Hall–Kier alpha value is -1.41. The van der Waals surface area contributed by atoms with Gasteiger partial charge in [-0.15, -0.1) is 0 Å². The van der Waals surface area contributed by atoms with E-state index in [4.69, 9.17) is 23.2 Å². The molecule has 2 aromatic rings. The highest BCUT2D eigenvalue weighted by atomic mass is 35.5. The van der Waals surface area contributed by atoms with E-state index in [1.165, 1.54) is 10.6 Å². The highest BCUT2D eigenvalue weighted by Crippen LogP contribution is 2.24. The Labute approximate surface area is 193 Å². The van der Waals surface area contributed by atoms with Crippen LogP contribution >= 0.6 is 35.0 Å². The highest BCUT2D eigenvalue weighted by Gasteiger charge is 2.17. The van der Waals surface area contributed by atoms with Crippen LogP contribution in [-0.2, 0) is 20.6 Å². The third kappa shape index (κ3) is 8.38. The molecule has 0 heterocycles. The van der Waals surface area contributed by atoms with Gasteiger partial charge in [-0.3, -0.25) is 9.10 Å². The molecular formula is C21H26Cl2N2O3S2. The molecule has 0 aliphatic rings. The van der Waals surface area contributed by atoms with Gasteiger partial charge in [-0.25, -0.2) is 8.42 Å². The Morgan fingerprint density at radius 3 is 2.47 bits per heavy atom. The first-order chi connectivity index (χ1) is 14.2. The van der Waals surface area contributed by atoms with Gasteiger partial charge in [0.25, 0.3) is 0 Å². The van der Waals surface area contributed by atoms with Crippen LogP contribution in [-0.4, -0.2) is 39.4 Å². The van der Waals surface area contributed by atoms with Crippen molar-refractivity contribution in [3.63, 3.8) is 0 Å². The number of benzene rings is 2. The van der Waals surface area contributed by atoms with Crippen LogP contribution in [0.2, 0.25) is 10.0 Å². The summed E-state index contributed by atoms with van der Waals surface area (Å²) in [4.78, 5) is 12.1. The van der Waals surface area contributed by atoms with Crippen molar-refractivity contribution in [2.45, 2.75) is 25.5 Å². The summed E-state index contributed by atoms with van der Waals surface area (Å²) in [5, 5.41) is 4.12. The van der Waals surface area contributed by atoms with E-state index in [1.807, 2.05) is 31.2 Å². The molecule has 30 heavy (non-hydrogen) atoms. The van der Waals surface area contributed by atoms with Crippen LogP contribution < -0.4 is 9.62 Å².